The number of aromatic nitrogens is 4. The first kappa shape index (κ1) is 17.5. The summed E-state index contributed by atoms with van der Waals surface area (Å²) in [6.45, 7) is 6.35. The summed E-state index contributed by atoms with van der Waals surface area (Å²) in [5.74, 6) is 0.276. The minimum Gasteiger partial charge on any atom is -0.337 e. The van der Waals surface area contributed by atoms with Crippen LogP contribution in [0, 0.1) is 6.92 Å². The number of H-pyrrole nitrogens is 1. The fourth-order valence-electron chi connectivity index (χ4n) is 3.78. The molecule has 4 rings (SSSR count). The van der Waals surface area contributed by atoms with Crippen LogP contribution in [0.3, 0.4) is 0 Å². The Morgan fingerprint density at radius 1 is 1.26 bits per heavy atom. The van der Waals surface area contributed by atoms with Crippen LogP contribution in [0.25, 0.3) is 11.1 Å². The van der Waals surface area contributed by atoms with E-state index in [0.29, 0.717) is 12.2 Å². The molecule has 0 spiro atoms. The minimum absolute atomic E-state index is 0.0169. The van der Waals surface area contributed by atoms with Crippen LogP contribution >= 0.6 is 0 Å². The fraction of sp³-hybridized carbons (Fsp3) is 0.381. The highest BCUT2D eigenvalue weighted by atomic mass is 16.2. The monoisotopic (exact) mass is 363 g/mol. The highest BCUT2D eigenvalue weighted by Crippen LogP contribution is 2.33. The lowest BCUT2D eigenvalue weighted by atomic mass is 9.90. The molecule has 3 aromatic rings. The van der Waals surface area contributed by atoms with Crippen molar-refractivity contribution in [1.82, 2.24) is 24.9 Å². The largest absolute Gasteiger partial charge is 0.337 e. The quantitative estimate of drug-likeness (QED) is 0.770. The minimum atomic E-state index is 0.0169. The van der Waals surface area contributed by atoms with E-state index in [1.54, 1.807) is 4.68 Å². The summed E-state index contributed by atoms with van der Waals surface area (Å²) in [5.41, 5.74) is 5.18. The topological polar surface area (TPSA) is 66.8 Å². The maximum atomic E-state index is 12.9. The summed E-state index contributed by atoms with van der Waals surface area (Å²) >= 11 is 0. The first-order valence-electron chi connectivity index (χ1n) is 9.58. The Morgan fingerprint density at radius 3 is 2.81 bits per heavy atom. The molecule has 1 aliphatic rings. The van der Waals surface area contributed by atoms with Gasteiger partial charge in [-0.15, -0.1) is 0 Å². The number of benzene rings is 1. The van der Waals surface area contributed by atoms with Crippen LogP contribution in [0.4, 0.5) is 0 Å². The van der Waals surface area contributed by atoms with Gasteiger partial charge in [0.05, 0.1) is 6.20 Å². The molecular weight excluding hydrogens is 338 g/mol. The van der Waals surface area contributed by atoms with Crippen molar-refractivity contribution in [2.24, 2.45) is 0 Å². The molecule has 6 nitrogen and oxygen atoms in total. The Hall–Kier alpha value is -2.89. The molecule has 0 saturated carbocycles. The average Bonchev–Trinajstić information content (AvgIpc) is 3.38. The van der Waals surface area contributed by atoms with Gasteiger partial charge in [-0.05, 0) is 38.3 Å². The van der Waals surface area contributed by atoms with Gasteiger partial charge in [0, 0.05) is 43.0 Å². The first-order chi connectivity index (χ1) is 13.2. The lowest BCUT2D eigenvalue weighted by molar-refractivity contribution is 0.0699. The van der Waals surface area contributed by atoms with Gasteiger partial charge in [-0.25, -0.2) is 0 Å². The second kappa shape index (κ2) is 7.39. The van der Waals surface area contributed by atoms with Crippen molar-refractivity contribution in [2.45, 2.75) is 39.2 Å². The number of aromatic amines is 1. The molecule has 1 N–H and O–H groups in total. The Morgan fingerprint density at radius 2 is 2.07 bits per heavy atom. The number of aryl methyl sites for hydroxylation is 2. The molecule has 0 aliphatic carbocycles. The molecule has 0 unspecified atom stereocenters. The zero-order chi connectivity index (χ0) is 18.8. The van der Waals surface area contributed by atoms with Gasteiger partial charge >= 0.3 is 0 Å². The van der Waals surface area contributed by atoms with Crippen molar-refractivity contribution in [1.29, 1.82) is 0 Å². The van der Waals surface area contributed by atoms with Crippen LogP contribution in [0.2, 0.25) is 0 Å². The van der Waals surface area contributed by atoms with E-state index in [-0.39, 0.29) is 11.8 Å². The Balaban J connectivity index is 1.54. The predicted octanol–water partition coefficient (Wildman–Crippen LogP) is 3.62. The maximum absolute atomic E-state index is 12.9. The van der Waals surface area contributed by atoms with Crippen LogP contribution in [0.15, 0.2) is 42.7 Å². The predicted molar refractivity (Wildman–Crippen MR) is 105 cm³/mol. The molecular formula is C21H25N5O. The van der Waals surface area contributed by atoms with E-state index in [2.05, 4.69) is 46.5 Å². The van der Waals surface area contributed by atoms with Gasteiger partial charge in [-0.3, -0.25) is 14.6 Å². The van der Waals surface area contributed by atoms with E-state index < -0.39 is 0 Å². The third-order valence-corrected chi connectivity index (χ3v) is 5.33. The van der Waals surface area contributed by atoms with Crippen LogP contribution in [-0.4, -0.2) is 43.9 Å². The average molecular weight is 363 g/mol. The van der Waals surface area contributed by atoms with Crippen molar-refractivity contribution in [2.75, 3.05) is 13.1 Å². The second-order valence-electron chi connectivity index (χ2n) is 7.21. The van der Waals surface area contributed by atoms with Crippen LogP contribution < -0.4 is 0 Å². The van der Waals surface area contributed by atoms with E-state index in [1.807, 2.05) is 30.3 Å². The van der Waals surface area contributed by atoms with Gasteiger partial charge < -0.3 is 4.90 Å². The van der Waals surface area contributed by atoms with E-state index >= 15 is 0 Å². The molecule has 2 aromatic heterocycles. The summed E-state index contributed by atoms with van der Waals surface area (Å²) in [6, 6.07) is 10.3. The normalized spacial score (nSPS) is 17.3. The van der Waals surface area contributed by atoms with Crippen LogP contribution in [-0.2, 0) is 6.54 Å². The number of hydrogen-bond acceptors (Lipinski definition) is 3. The van der Waals surface area contributed by atoms with E-state index in [0.717, 1.165) is 42.8 Å². The highest BCUT2D eigenvalue weighted by Gasteiger charge is 2.29. The van der Waals surface area contributed by atoms with Gasteiger partial charge in [0.15, 0.2) is 0 Å². The SMILES string of the molecule is CCn1ccc(C(=O)N2CCC[C@@H](c3[nH]ncc3-c3ccc(C)cc3)C2)n1. The van der Waals surface area contributed by atoms with Gasteiger partial charge in [0.1, 0.15) is 5.69 Å². The lowest BCUT2D eigenvalue weighted by Crippen LogP contribution is -2.39. The molecule has 140 valence electrons. The van der Waals surface area contributed by atoms with Gasteiger partial charge in [0.25, 0.3) is 5.91 Å². The smallest absolute Gasteiger partial charge is 0.274 e. The molecule has 1 aromatic carbocycles. The number of rotatable bonds is 4. The number of carbonyl (C=O) groups excluding carboxylic acids is 1. The standard InChI is InChI=1S/C21H25N5O/c1-3-26-12-10-19(24-26)21(27)25-11-4-5-17(14-25)20-18(13-22-23-20)16-8-6-15(2)7-9-16/h6-10,12-13,17H,3-5,11,14H2,1-2H3,(H,22,23)/t17-/m1/s1. The Labute approximate surface area is 159 Å². The number of nitrogens with one attached hydrogen (secondary N) is 1. The third-order valence-electron chi connectivity index (χ3n) is 5.33. The number of carbonyl (C=O) groups is 1. The number of amides is 1. The van der Waals surface area contributed by atoms with E-state index in [9.17, 15) is 4.79 Å². The molecule has 1 saturated heterocycles. The molecule has 1 fully saturated rings. The molecule has 1 aliphatic heterocycles. The molecule has 1 atom stereocenters. The summed E-state index contributed by atoms with van der Waals surface area (Å²) < 4.78 is 1.79. The third kappa shape index (κ3) is 3.52. The van der Waals surface area contributed by atoms with Gasteiger partial charge in [-0.2, -0.15) is 10.2 Å². The lowest BCUT2D eigenvalue weighted by Gasteiger charge is -2.32. The maximum Gasteiger partial charge on any atom is 0.274 e. The number of piperidine rings is 1. The van der Waals surface area contributed by atoms with Crippen LogP contribution in [0.5, 0.6) is 0 Å². The Kier molecular flexibility index (Phi) is 4.79. The van der Waals surface area contributed by atoms with Crippen molar-refractivity contribution >= 4 is 5.91 Å². The summed E-state index contributed by atoms with van der Waals surface area (Å²) in [6.07, 6.45) is 5.79. The molecule has 3 heterocycles. The fourth-order valence-corrected chi connectivity index (χ4v) is 3.78. The zero-order valence-electron chi connectivity index (χ0n) is 15.9. The molecule has 0 radical (unpaired) electrons. The number of nitrogens with zero attached hydrogens (tertiary/aromatic N) is 4. The summed E-state index contributed by atoms with van der Waals surface area (Å²) in [7, 11) is 0. The molecule has 1 amide bonds. The van der Waals surface area contributed by atoms with Crippen molar-refractivity contribution in [3.8, 4) is 11.1 Å². The van der Waals surface area contributed by atoms with Gasteiger partial charge in [-0.1, -0.05) is 29.8 Å². The van der Waals surface area contributed by atoms with Crippen LogP contribution in [0.1, 0.15) is 47.4 Å². The Bertz CT molecular complexity index is 924. The van der Waals surface area contributed by atoms with Crippen molar-refractivity contribution in [3.63, 3.8) is 0 Å². The summed E-state index contributed by atoms with van der Waals surface area (Å²) in [4.78, 5) is 14.8. The molecule has 0 bridgehead atoms. The van der Waals surface area contributed by atoms with E-state index in [4.69, 9.17) is 0 Å². The van der Waals surface area contributed by atoms with Crippen molar-refractivity contribution in [3.05, 3.63) is 59.7 Å². The first-order valence-corrected chi connectivity index (χ1v) is 9.58. The summed E-state index contributed by atoms with van der Waals surface area (Å²) in [5, 5.41) is 11.9. The second-order valence-corrected chi connectivity index (χ2v) is 7.21. The van der Waals surface area contributed by atoms with Crippen molar-refractivity contribution < 1.29 is 4.79 Å². The molecule has 27 heavy (non-hydrogen) atoms. The highest BCUT2D eigenvalue weighted by molar-refractivity contribution is 5.92. The number of likely N-dealkylation sites (tertiary alicyclic amines) is 1. The van der Waals surface area contributed by atoms with Gasteiger partial charge in [0.2, 0.25) is 0 Å². The van der Waals surface area contributed by atoms with E-state index in [1.165, 1.54) is 5.56 Å². The molecule has 6 heteroatoms. The zero-order valence-corrected chi connectivity index (χ0v) is 15.9. The number of hydrogen-bond donors (Lipinski definition) is 1.